The number of piperidine rings is 1. The van der Waals surface area contributed by atoms with Gasteiger partial charge in [-0.05, 0) is 37.3 Å². The smallest absolute Gasteiger partial charge is 0.217 e. The van der Waals surface area contributed by atoms with Gasteiger partial charge in [0.25, 0.3) is 0 Å². The molecule has 0 bridgehead atoms. The molecule has 1 aromatic rings. The highest BCUT2D eigenvalue weighted by Crippen LogP contribution is 2.29. The monoisotopic (exact) mass is 435 g/mol. The Morgan fingerprint density at radius 1 is 1.33 bits per heavy atom. The number of guanidine groups is 1. The molecule has 7 nitrogen and oxygen atoms in total. The first-order valence-corrected chi connectivity index (χ1v) is 11.3. The van der Waals surface area contributed by atoms with Crippen molar-refractivity contribution in [1.82, 2.24) is 15.1 Å². The largest absolute Gasteiger partial charge is 0.379 e. The molecule has 8 heteroatoms. The van der Waals surface area contributed by atoms with Gasteiger partial charge in [0, 0.05) is 44.2 Å². The van der Waals surface area contributed by atoms with E-state index in [1.165, 1.54) is 0 Å². The average Bonchev–Trinajstić information content (AvgIpc) is 2.75. The molecule has 2 aliphatic rings. The summed E-state index contributed by atoms with van der Waals surface area (Å²) < 4.78 is 5.55. The van der Waals surface area contributed by atoms with E-state index >= 15 is 0 Å². The van der Waals surface area contributed by atoms with Crippen molar-refractivity contribution in [2.24, 2.45) is 16.6 Å². The number of ether oxygens (including phenoxy) is 1. The van der Waals surface area contributed by atoms with Crippen LogP contribution in [0.5, 0.6) is 0 Å². The van der Waals surface area contributed by atoms with Gasteiger partial charge in [-0.3, -0.25) is 14.7 Å². The van der Waals surface area contributed by atoms with Crippen molar-refractivity contribution in [3.05, 3.63) is 34.9 Å². The van der Waals surface area contributed by atoms with Gasteiger partial charge in [-0.1, -0.05) is 29.8 Å². The number of morpholine rings is 1. The first kappa shape index (κ1) is 22.8. The Morgan fingerprint density at radius 3 is 2.80 bits per heavy atom. The molecule has 0 spiro atoms. The molecular formula is C22H34ClN5O2. The Labute approximate surface area is 184 Å². The summed E-state index contributed by atoms with van der Waals surface area (Å²) >= 11 is 6.55. The van der Waals surface area contributed by atoms with E-state index in [2.05, 4.69) is 28.1 Å². The maximum Gasteiger partial charge on any atom is 0.217 e. The van der Waals surface area contributed by atoms with Gasteiger partial charge < -0.3 is 20.7 Å². The maximum absolute atomic E-state index is 11.4. The van der Waals surface area contributed by atoms with Crippen molar-refractivity contribution in [1.29, 1.82) is 0 Å². The molecule has 3 rings (SSSR count). The van der Waals surface area contributed by atoms with Gasteiger partial charge in [-0.25, -0.2) is 0 Å². The third-order valence-corrected chi connectivity index (χ3v) is 6.15. The highest BCUT2D eigenvalue weighted by molar-refractivity contribution is 6.31. The van der Waals surface area contributed by atoms with Crippen LogP contribution in [0.4, 0.5) is 0 Å². The number of primary amides is 1. The number of nitrogens with two attached hydrogens (primary N) is 1. The van der Waals surface area contributed by atoms with Crippen molar-refractivity contribution in [3.8, 4) is 0 Å². The molecule has 30 heavy (non-hydrogen) atoms. The molecule has 2 heterocycles. The predicted octanol–water partition coefficient (Wildman–Crippen LogP) is 2.27. The van der Waals surface area contributed by atoms with Crippen LogP contribution in [-0.2, 0) is 9.53 Å². The zero-order valence-electron chi connectivity index (χ0n) is 17.9. The molecule has 2 unspecified atom stereocenters. The zero-order chi connectivity index (χ0) is 21.3. The topological polar surface area (TPSA) is 83.2 Å². The number of aliphatic imine (C=N–C) groups is 1. The fraction of sp³-hybridized carbons (Fsp3) is 0.636. The number of benzene rings is 1. The molecule has 0 radical (unpaired) electrons. The minimum absolute atomic E-state index is 0.0995. The Bertz CT molecular complexity index is 723. The average molecular weight is 436 g/mol. The van der Waals surface area contributed by atoms with Gasteiger partial charge in [-0.15, -0.1) is 0 Å². The number of nitrogens with zero attached hydrogens (tertiary/aromatic N) is 3. The summed E-state index contributed by atoms with van der Waals surface area (Å²) in [4.78, 5) is 21.1. The van der Waals surface area contributed by atoms with E-state index in [1.807, 2.05) is 18.2 Å². The number of amides is 1. The molecule has 2 fully saturated rings. The van der Waals surface area contributed by atoms with Crippen molar-refractivity contribution >= 4 is 23.5 Å². The van der Waals surface area contributed by atoms with Crippen LogP contribution in [0.25, 0.3) is 0 Å². The molecule has 0 saturated carbocycles. The quantitative estimate of drug-likeness (QED) is 0.507. The van der Waals surface area contributed by atoms with E-state index in [-0.39, 0.29) is 11.9 Å². The maximum atomic E-state index is 11.4. The second-order valence-electron chi connectivity index (χ2n) is 8.00. The van der Waals surface area contributed by atoms with Gasteiger partial charge in [0.15, 0.2) is 5.96 Å². The van der Waals surface area contributed by atoms with Crippen LogP contribution in [0.2, 0.25) is 5.02 Å². The van der Waals surface area contributed by atoms with Gasteiger partial charge >= 0.3 is 0 Å². The van der Waals surface area contributed by atoms with E-state index in [1.54, 1.807) is 0 Å². The van der Waals surface area contributed by atoms with Gasteiger partial charge in [0.2, 0.25) is 5.91 Å². The summed E-state index contributed by atoms with van der Waals surface area (Å²) in [5.41, 5.74) is 6.53. The number of carbonyl (C=O) groups is 1. The summed E-state index contributed by atoms with van der Waals surface area (Å²) in [6, 6.07) is 8.13. The summed E-state index contributed by atoms with van der Waals surface area (Å²) in [5.74, 6) is 0.964. The molecule has 1 aromatic carbocycles. The number of rotatable bonds is 7. The van der Waals surface area contributed by atoms with Gasteiger partial charge in [0.05, 0.1) is 25.8 Å². The lowest BCUT2D eigenvalue weighted by Gasteiger charge is -2.36. The minimum atomic E-state index is -0.227. The Morgan fingerprint density at radius 2 is 2.10 bits per heavy atom. The number of hydrogen-bond donors (Lipinski definition) is 2. The van der Waals surface area contributed by atoms with Gasteiger partial charge in [-0.2, -0.15) is 0 Å². The summed E-state index contributed by atoms with van der Waals surface area (Å²) in [6.07, 6.45) is 2.51. The number of halogens is 1. The van der Waals surface area contributed by atoms with Crippen LogP contribution in [0, 0.1) is 5.92 Å². The lowest BCUT2D eigenvalue weighted by molar-refractivity contribution is -0.119. The molecule has 2 aliphatic heterocycles. The van der Waals surface area contributed by atoms with Crippen LogP contribution < -0.4 is 11.1 Å². The molecular weight excluding hydrogens is 402 g/mol. The first-order chi connectivity index (χ1) is 14.6. The summed E-state index contributed by atoms with van der Waals surface area (Å²) in [5, 5.41) is 4.21. The molecule has 1 amide bonds. The fourth-order valence-corrected chi connectivity index (χ4v) is 4.61. The van der Waals surface area contributed by atoms with Crippen LogP contribution in [0.15, 0.2) is 29.3 Å². The number of nitrogens with one attached hydrogen (secondary N) is 1. The highest BCUT2D eigenvalue weighted by atomic mass is 35.5. The summed E-state index contributed by atoms with van der Waals surface area (Å²) in [7, 11) is 0. The standard InChI is InChI=1S/C22H34ClN5O2/c1-2-25-22(28-9-5-6-17(16-28)14-21(24)29)26-15-20(27-10-12-30-13-11-27)18-7-3-4-8-19(18)23/h3-4,7-8,17,20H,2,5-6,9-16H2,1H3,(H2,24,29)(H,25,26). The molecule has 0 aromatic heterocycles. The van der Waals surface area contributed by atoms with E-state index in [0.29, 0.717) is 18.9 Å². The zero-order valence-corrected chi connectivity index (χ0v) is 18.6. The van der Waals surface area contributed by atoms with E-state index < -0.39 is 0 Å². The highest BCUT2D eigenvalue weighted by Gasteiger charge is 2.26. The van der Waals surface area contributed by atoms with E-state index in [4.69, 9.17) is 27.1 Å². The van der Waals surface area contributed by atoms with Crippen LogP contribution in [0.1, 0.15) is 37.8 Å². The second kappa shape index (κ2) is 11.5. The fourth-order valence-electron chi connectivity index (χ4n) is 4.35. The number of carbonyl (C=O) groups excluding carboxylic acids is 1. The Kier molecular flexibility index (Phi) is 8.78. The number of hydrogen-bond acceptors (Lipinski definition) is 4. The van der Waals surface area contributed by atoms with Crippen LogP contribution in [0.3, 0.4) is 0 Å². The third-order valence-electron chi connectivity index (χ3n) is 5.81. The SMILES string of the molecule is CCNC(=NCC(c1ccccc1Cl)N1CCOCC1)N1CCCC(CC(N)=O)C1. The van der Waals surface area contributed by atoms with E-state index in [0.717, 1.165) is 75.3 Å². The minimum Gasteiger partial charge on any atom is -0.379 e. The van der Waals surface area contributed by atoms with Crippen molar-refractivity contribution in [2.45, 2.75) is 32.2 Å². The predicted molar refractivity (Wildman–Crippen MR) is 121 cm³/mol. The Hall–Kier alpha value is -1.83. The molecule has 2 atom stereocenters. The van der Waals surface area contributed by atoms with E-state index in [9.17, 15) is 4.79 Å². The molecule has 3 N–H and O–H groups in total. The second-order valence-corrected chi connectivity index (χ2v) is 8.41. The van der Waals surface area contributed by atoms with Gasteiger partial charge in [0.1, 0.15) is 0 Å². The molecule has 2 saturated heterocycles. The Balaban J connectivity index is 1.78. The first-order valence-electron chi connectivity index (χ1n) is 11.0. The lowest BCUT2D eigenvalue weighted by atomic mass is 9.95. The number of likely N-dealkylation sites (tertiary alicyclic amines) is 1. The van der Waals surface area contributed by atoms with Crippen molar-refractivity contribution < 1.29 is 9.53 Å². The molecule has 0 aliphatic carbocycles. The lowest BCUT2D eigenvalue weighted by Crippen LogP contribution is -2.47. The summed E-state index contributed by atoms with van der Waals surface area (Å²) in [6.45, 7) is 8.43. The normalized spacial score (nSPS) is 22.0. The molecule has 166 valence electrons. The van der Waals surface area contributed by atoms with Crippen LogP contribution in [-0.4, -0.2) is 74.1 Å². The van der Waals surface area contributed by atoms with Crippen molar-refractivity contribution in [3.63, 3.8) is 0 Å². The third kappa shape index (κ3) is 6.33. The van der Waals surface area contributed by atoms with Crippen molar-refractivity contribution in [2.75, 3.05) is 52.5 Å². The van der Waals surface area contributed by atoms with Crippen LogP contribution >= 0.6 is 11.6 Å².